The van der Waals surface area contributed by atoms with Crippen molar-refractivity contribution in [2.75, 3.05) is 0 Å². The number of fused-ring (bicyclic) bond motifs is 3. The van der Waals surface area contributed by atoms with Gasteiger partial charge in [-0.2, -0.15) is 0 Å². The molecule has 127 valence electrons. The fourth-order valence-electron chi connectivity index (χ4n) is 3.45. The summed E-state index contributed by atoms with van der Waals surface area (Å²) >= 11 is -4.56. The molecule has 2 aromatic rings. The van der Waals surface area contributed by atoms with Gasteiger partial charge in [0.05, 0.1) is 0 Å². The van der Waals surface area contributed by atoms with Crippen LogP contribution in [-0.2, 0) is 27.1 Å². The summed E-state index contributed by atoms with van der Waals surface area (Å²) in [5, 5.41) is 0. The predicted molar refractivity (Wildman–Crippen MR) is 103 cm³/mol. The van der Waals surface area contributed by atoms with Crippen molar-refractivity contribution in [2.45, 2.75) is 32.9 Å². The molecule has 0 saturated heterocycles. The molecule has 2 aromatic carbocycles. The van der Waals surface area contributed by atoms with Crippen LogP contribution in [0.2, 0.25) is 13.1 Å². The topological polar surface area (TPSA) is 29.1 Å². The van der Waals surface area contributed by atoms with Crippen LogP contribution in [0, 0.1) is 0 Å². The number of carbonyl (C=O) groups is 1. The van der Waals surface area contributed by atoms with Crippen molar-refractivity contribution < 1.29 is 20.6 Å². The second-order valence-electron chi connectivity index (χ2n) is 6.80. The van der Waals surface area contributed by atoms with E-state index in [1.807, 2.05) is 13.0 Å². The van der Waals surface area contributed by atoms with E-state index in [4.69, 9.17) is 17.0 Å². The van der Waals surface area contributed by atoms with E-state index in [0.717, 1.165) is 9.69 Å². The maximum absolute atomic E-state index is 12.2. The van der Waals surface area contributed by atoms with Gasteiger partial charge >= 0.3 is 154 Å². The van der Waals surface area contributed by atoms with Crippen LogP contribution < -0.4 is 6.53 Å². The molecular weight excluding hydrogens is 436 g/mol. The van der Waals surface area contributed by atoms with E-state index < -0.39 is 21.8 Å². The fourth-order valence-corrected chi connectivity index (χ4v) is 21.9. The van der Waals surface area contributed by atoms with Gasteiger partial charge in [-0.15, -0.1) is 0 Å². The molecule has 0 atom stereocenters. The first-order valence-corrected chi connectivity index (χ1v) is 24.3. The molecule has 24 heavy (non-hydrogen) atoms. The quantitative estimate of drug-likeness (QED) is 0.580. The van der Waals surface area contributed by atoms with E-state index in [0.29, 0.717) is 6.42 Å². The average molecular weight is 459 g/mol. The Morgan fingerprint density at radius 2 is 1.79 bits per heavy atom. The first-order valence-electron chi connectivity index (χ1n) is 8.36. The van der Waals surface area contributed by atoms with Crippen LogP contribution in [0.5, 0.6) is 0 Å². The third-order valence-electron chi connectivity index (χ3n) is 5.05. The Bertz CT molecular complexity index is 822. The van der Waals surface area contributed by atoms with Gasteiger partial charge in [0, 0.05) is 0 Å². The number of hydrogen-bond acceptors (Lipinski definition) is 1. The van der Waals surface area contributed by atoms with E-state index in [2.05, 4.69) is 52.8 Å². The molecule has 1 N–H and O–H groups in total. The molecule has 1 amide bonds. The number of nitrogens with one attached hydrogen (secondary N) is 1. The van der Waals surface area contributed by atoms with Crippen LogP contribution in [0.15, 0.2) is 42.5 Å². The Labute approximate surface area is 152 Å². The number of benzene rings is 2. The summed E-state index contributed by atoms with van der Waals surface area (Å²) in [5.41, 5.74) is 4.99. The molecule has 0 spiro atoms. The van der Waals surface area contributed by atoms with E-state index in [-0.39, 0.29) is 5.91 Å². The van der Waals surface area contributed by atoms with Crippen LogP contribution in [-0.4, -0.2) is 11.8 Å². The Morgan fingerprint density at radius 1 is 1.12 bits per heavy atom. The number of hydrogen-bond donors (Lipinski definition) is 1. The second kappa shape index (κ2) is 6.39. The standard InChI is InChI=1S/C13H9.C3H7NO.C2H7Si.2ClH.Zr/c1-3-7-12-10(5-1)9-11-6-2-4-8-13(11)12;1-2-3(4)5;1-3-2;;;/h1-5,7-8H,9H2;2H2,1H3,(H2,4,5);3H,1-2H3;2*1H;/q;;;;;+3/p-3. The van der Waals surface area contributed by atoms with Crippen molar-refractivity contribution in [2.24, 2.45) is 0 Å². The predicted octanol–water partition coefficient (Wildman–Crippen LogP) is 4.30. The van der Waals surface area contributed by atoms with Crippen LogP contribution >= 0.6 is 17.0 Å². The van der Waals surface area contributed by atoms with Gasteiger partial charge in [0.15, 0.2) is 0 Å². The molecule has 0 saturated carbocycles. The Morgan fingerprint density at radius 3 is 2.46 bits per heavy atom. The SMILES string of the molecule is CCC(=O)[NH][Zr]([Cl])([Cl])([c]1cccc2c1Cc1ccccc1-2)[SiH](C)C. The van der Waals surface area contributed by atoms with Gasteiger partial charge in [0.2, 0.25) is 0 Å². The molecule has 0 aliphatic heterocycles. The van der Waals surface area contributed by atoms with Gasteiger partial charge in [-0.1, -0.05) is 0 Å². The average Bonchev–Trinajstić information content (AvgIpc) is 2.92. The monoisotopic (exact) mass is 456 g/mol. The summed E-state index contributed by atoms with van der Waals surface area (Å²) in [6.45, 7) is 6.15. The summed E-state index contributed by atoms with van der Waals surface area (Å²) in [6, 6.07) is 14.6. The van der Waals surface area contributed by atoms with E-state index >= 15 is 0 Å². The molecule has 3 rings (SSSR count). The van der Waals surface area contributed by atoms with E-state index in [1.165, 1.54) is 22.3 Å². The van der Waals surface area contributed by atoms with Crippen LogP contribution in [0.3, 0.4) is 0 Å². The first kappa shape index (κ1) is 18.4. The van der Waals surface area contributed by atoms with Gasteiger partial charge in [-0.25, -0.2) is 0 Å². The zero-order valence-electron chi connectivity index (χ0n) is 14.2. The molecule has 6 heteroatoms. The number of rotatable bonds is 4. The Balaban J connectivity index is 2.21. The van der Waals surface area contributed by atoms with Crippen molar-refractivity contribution >= 4 is 32.1 Å². The number of carbonyl (C=O) groups excluding carboxylic acids is 1. The molecular formula is C18H22Cl2NOSiZr. The molecule has 0 unspecified atom stereocenters. The molecule has 0 bridgehead atoms. The summed E-state index contributed by atoms with van der Waals surface area (Å²) < 4.78 is 4.19. The maximum atomic E-state index is 12.2. The fraction of sp³-hybridized carbons (Fsp3) is 0.278. The molecule has 1 aliphatic rings. The van der Waals surface area contributed by atoms with E-state index in [1.54, 1.807) is 0 Å². The van der Waals surface area contributed by atoms with Gasteiger partial charge < -0.3 is 0 Å². The van der Waals surface area contributed by atoms with E-state index in [9.17, 15) is 4.79 Å². The zero-order chi connectivity index (χ0) is 17.6. The summed E-state index contributed by atoms with van der Waals surface area (Å²) in [5.74, 6) is -1.58. The van der Waals surface area contributed by atoms with Crippen molar-refractivity contribution in [3.05, 3.63) is 53.6 Å². The molecule has 0 fully saturated rings. The minimum atomic E-state index is -4.56. The van der Waals surface area contributed by atoms with Gasteiger partial charge in [0.25, 0.3) is 0 Å². The molecule has 0 heterocycles. The molecule has 2 nitrogen and oxygen atoms in total. The number of halogens is 2. The zero-order valence-corrected chi connectivity index (χ0v) is 19.3. The van der Waals surface area contributed by atoms with Gasteiger partial charge in [0.1, 0.15) is 0 Å². The van der Waals surface area contributed by atoms with Gasteiger partial charge in [-0.05, 0) is 0 Å². The summed E-state index contributed by atoms with van der Waals surface area (Å²) in [4.78, 5) is 12.2. The van der Waals surface area contributed by atoms with Crippen molar-refractivity contribution in [3.63, 3.8) is 0 Å². The molecule has 1 aliphatic carbocycles. The van der Waals surface area contributed by atoms with Crippen LogP contribution in [0.25, 0.3) is 11.1 Å². The normalized spacial score (nSPS) is 14.7. The second-order valence-corrected chi connectivity index (χ2v) is 46.5. The van der Waals surface area contributed by atoms with Crippen LogP contribution in [0.1, 0.15) is 24.5 Å². The van der Waals surface area contributed by atoms with Crippen molar-refractivity contribution in [3.8, 4) is 11.1 Å². The Kier molecular flexibility index (Phi) is 4.90. The third-order valence-corrected chi connectivity index (χ3v) is 49.1. The van der Waals surface area contributed by atoms with Gasteiger partial charge in [-0.3, -0.25) is 0 Å². The third kappa shape index (κ3) is 2.86. The Hall–Kier alpha value is -0.410. The van der Waals surface area contributed by atoms with Crippen molar-refractivity contribution in [1.29, 1.82) is 0 Å². The first-order chi connectivity index (χ1) is 11.3. The minimum absolute atomic E-state index is 0.0417. The summed E-state index contributed by atoms with van der Waals surface area (Å²) in [7, 11) is 14.5. The number of amides is 1. The summed E-state index contributed by atoms with van der Waals surface area (Å²) in [6.07, 6.45) is 1.24. The van der Waals surface area contributed by atoms with Crippen molar-refractivity contribution in [1.82, 2.24) is 3.26 Å². The molecule has 0 aromatic heterocycles. The van der Waals surface area contributed by atoms with Crippen LogP contribution in [0.4, 0.5) is 0 Å². The molecule has 0 radical (unpaired) electrons.